The zero-order chi connectivity index (χ0) is 15.2. The van der Waals surface area contributed by atoms with Gasteiger partial charge >= 0.3 is 0 Å². The standard InChI is InChI=1S/C19H22N2S/c1-2-3-15-22-19-20-17-11-7-8-12-18(17)21(19)14-13-16-9-5-4-6-10-16/h4-12H,2-3,13-15H2,1H3. The molecule has 3 rings (SSSR count). The molecular formula is C19H22N2S. The Bertz CT molecular complexity index is 719. The number of aromatic nitrogens is 2. The first-order valence-corrected chi connectivity index (χ1v) is 8.99. The topological polar surface area (TPSA) is 17.8 Å². The van der Waals surface area contributed by atoms with Gasteiger partial charge in [-0.05, 0) is 30.5 Å². The summed E-state index contributed by atoms with van der Waals surface area (Å²) in [5.41, 5.74) is 3.73. The lowest BCUT2D eigenvalue weighted by atomic mass is 10.1. The first-order valence-electron chi connectivity index (χ1n) is 8.00. The molecule has 0 saturated carbocycles. The largest absolute Gasteiger partial charge is 0.319 e. The molecule has 1 aromatic heterocycles. The van der Waals surface area contributed by atoms with Crippen LogP contribution in [0.2, 0.25) is 0 Å². The van der Waals surface area contributed by atoms with E-state index >= 15 is 0 Å². The van der Waals surface area contributed by atoms with Crippen molar-refractivity contribution in [2.75, 3.05) is 5.75 Å². The van der Waals surface area contributed by atoms with Crippen LogP contribution in [0.15, 0.2) is 59.8 Å². The summed E-state index contributed by atoms with van der Waals surface area (Å²) in [5.74, 6) is 1.14. The van der Waals surface area contributed by atoms with Gasteiger partial charge in [0.15, 0.2) is 5.16 Å². The third-order valence-corrected chi connectivity index (χ3v) is 4.88. The molecular weight excluding hydrogens is 288 g/mol. The van der Waals surface area contributed by atoms with E-state index in [2.05, 4.69) is 66.1 Å². The second kappa shape index (κ2) is 7.50. The fourth-order valence-corrected chi connectivity index (χ4v) is 3.70. The maximum absolute atomic E-state index is 4.82. The second-order valence-corrected chi connectivity index (χ2v) is 6.53. The number of para-hydroxylation sites is 2. The SMILES string of the molecule is CCCCSc1nc2ccccc2n1CCc1ccccc1. The van der Waals surface area contributed by atoms with Crippen molar-refractivity contribution in [2.24, 2.45) is 0 Å². The lowest BCUT2D eigenvalue weighted by molar-refractivity contribution is 0.652. The third-order valence-electron chi connectivity index (χ3n) is 3.82. The third kappa shape index (κ3) is 3.53. The number of nitrogens with zero attached hydrogens (tertiary/aromatic N) is 2. The van der Waals surface area contributed by atoms with Gasteiger partial charge < -0.3 is 4.57 Å². The minimum atomic E-state index is 0.985. The van der Waals surface area contributed by atoms with Crippen LogP contribution in [0.3, 0.4) is 0 Å². The number of unbranched alkanes of at least 4 members (excludes halogenated alkanes) is 1. The highest BCUT2D eigenvalue weighted by Gasteiger charge is 2.10. The predicted octanol–water partition coefficient (Wildman–Crippen LogP) is 5.17. The lowest BCUT2D eigenvalue weighted by Crippen LogP contribution is -2.03. The van der Waals surface area contributed by atoms with E-state index in [0.717, 1.165) is 29.4 Å². The minimum absolute atomic E-state index is 0.985. The van der Waals surface area contributed by atoms with Crippen LogP contribution < -0.4 is 0 Å². The van der Waals surface area contributed by atoms with Crippen LogP contribution in [-0.4, -0.2) is 15.3 Å². The van der Waals surface area contributed by atoms with E-state index in [1.165, 1.54) is 23.9 Å². The number of thioether (sulfide) groups is 1. The van der Waals surface area contributed by atoms with Gasteiger partial charge in [0.05, 0.1) is 11.0 Å². The number of fused-ring (bicyclic) bond motifs is 1. The average molecular weight is 310 g/mol. The monoisotopic (exact) mass is 310 g/mol. The summed E-state index contributed by atoms with van der Waals surface area (Å²) in [5, 5.41) is 1.16. The summed E-state index contributed by atoms with van der Waals surface area (Å²) in [6.45, 7) is 3.22. The number of rotatable bonds is 7. The zero-order valence-corrected chi connectivity index (χ0v) is 13.9. The van der Waals surface area contributed by atoms with Crippen molar-refractivity contribution in [1.82, 2.24) is 9.55 Å². The molecule has 0 unspecified atom stereocenters. The zero-order valence-electron chi connectivity index (χ0n) is 13.0. The van der Waals surface area contributed by atoms with E-state index < -0.39 is 0 Å². The number of aryl methyl sites for hydroxylation is 2. The number of hydrogen-bond acceptors (Lipinski definition) is 2. The fraction of sp³-hybridized carbons (Fsp3) is 0.316. The summed E-state index contributed by atoms with van der Waals surface area (Å²) >= 11 is 1.88. The van der Waals surface area contributed by atoms with Gasteiger partial charge in [0.2, 0.25) is 0 Å². The van der Waals surface area contributed by atoms with E-state index in [-0.39, 0.29) is 0 Å². The van der Waals surface area contributed by atoms with Crippen molar-refractivity contribution in [3.8, 4) is 0 Å². The van der Waals surface area contributed by atoms with Crippen LogP contribution in [0.25, 0.3) is 11.0 Å². The number of imidazole rings is 1. The summed E-state index contributed by atoms with van der Waals surface area (Å²) < 4.78 is 2.38. The Labute approximate surface area is 136 Å². The van der Waals surface area contributed by atoms with Gasteiger partial charge in [0.1, 0.15) is 0 Å². The molecule has 22 heavy (non-hydrogen) atoms. The maximum atomic E-state index is 4.82. The summed E-state index contributed by atoms with van der Waals surface area (Å²) in [7, 11) is 0. The lowest BCUT2D eigenvalue weighted by Gasteiger charge is -2.09. The molecule has 0 bridgehead atoms. The first-order chi connectivity index (χ1) is 10.9. The quantitative estimate of drug-likeness (QED) is 0.442. The van der Waals surface area contributed by atoms with Gasteiger partial charge in [-0.3, -0.25) is 0 Å². The van der Waals surface area contributed by atoms with Crippen LogP contribution in [0.1, 0.15) is 25.3 Å². The van der Waals surface area contributed by atoms with E-state index in [4.69, 9.17) is 4.98 Å². The molecule has 0 aliphatic heterocycles. The van der Waals surface area contributed by atoms with Crippen LogP contribution in [0.4, 0.5) is 0 Å². The van der Waals surface area contributed by atoms with E-state index in [1.807, 2.05) is 11.8 Å². The van der Waals surface area contributed by atoms with Gasteiger partial charge in [0, 0.05) is 12.3 Å². The fourth-order valence-electron chi connectivity index (χ4n) is 2.57. The molecule has 0 N–H and O–H groups in total. The van der Waals surface area contributed by atoms with Crippen LogP contribution in [0.5, 0.6) is 0 Å². The molecule has 1 heterocycles. The van der Waals surface area contributed by atoms with Crippen LogP contribution in [-0.2, 0) is 13.0 Å². The normalized spacial score (nSPS) is 11.1. The number of hydrogen-bond donors (Lipinski definition) is 0. The molecule has 3 aromatic rings. The molecule has 114 valence electrons. The van der Waals surface area contributed by atoms with Crippen molar-refractivity contribution in [3.05, 3.63) is 60.2 Å². The van der Waals surface area contributed by atoms with Gasteiger partial charge in [-0.25, -0.2) is 4.98 Å². The van der Waals surface area contributed by atoms with E-state index in [9.17, 15) is 0 Å². The molecule has 3 heteroatoms. The second-order valence-electron chi connectivity index (χ2n) is 5.47. The van der Waals surface area contributed by atoms with Crippen molar-refractivity contribution in [2.45, 2.75) is 37.9 Å². The van der Waals surface area contributed by atoms with Crippen molar-refractivity contribution in [3.63, 3.8) is 0 Å². The van der Waals surface area contributed by atoms with Gasteiger partial charge in [-0.1, -0.05) is 67.6 Å². The Morgan fingerprint density at radius 1 is 1.00 bits per heavy atom. The average Bonchev–Trinajstić information content (AvgIpc) is 2.92. The first kappa shape index (κ1) is 15.2. The molecule has 2 nitrogen and oxygen atoms in total. The van der Waals surface area contributed by atoms with Gasteiger partial charge in [-0.15, -0.1) is 0 Å². The minimum Gasteiger partial charge on any atom is -0.319 e. The summed E-state index contributed by atoms with van der Waals surface area (Å²) in [4.78, 5) is 4.82. The summed E-state index contributed by atoms with van der Waals surface area (Å²) in [6.07, 6.45) is 3.52. The Balaban J connectivity index is 1.83. The summed E-state index contributed by atoms with van der Waals surface area (Å²) in [6, 6.07) is 19.1. The van der Waals surface area contributed by atoms with Gasteiger partial charge in [0.25, 0.3) is 0 Å². The Hall–Kier alpha value is -1.74. The molecule has 2 aromatic carbocycles. The predicted molar refractivity (Wildman–Crippen MR) is 95.5 cm³/mol. The Morgan fingerprint density at radius 3 is 2.59 bits per heavy atom. The molecule has 0 fully saturated rings. The molecule has 0 saturated heterocycles. The van der Waals surface area contributed by atoms with E-state index in [0.29, 0.717) is 0 Å². The highest BCUT2D eigenvalue weighted by molar-refractivity contribution is 7.99. The van der Waals surface area contributed by atoms with Crippen LogP contribution in [0, 0.1) is 0 Å². The Kier molecular flexibility index (Phi) is 5.17. The molecule has 0 aliphatic rings. The van der Waals surface area contributed by atoms with Crippen molar-refractivity contribution < 1.29 is 0 Å². The molecule has 0 amide bonds. The highest BCUT2D eigenvalue weighted by Crippen LogP contribution is 2.25. The van der Waals surface area contributed by atoms with Gasteiger partial charge in [-0.2, -0.15) is 0 Å². The van der Waals surface area contributed by atoms with Crippen molar-refractivity contribution in [1.29, 1.82) is 0 Å². The smallest absolute Gasteiger partial charge is 0.169 e. The molecule has 0 radical (unpaired) electrons. The molecule has 0 aliphatic carbocycles. The molecule has 0 atom stereocenters. The molecule has 0 spiro atoms. The Morgan fingerprint density at radius 2 is 1.77 bits per heavy atom. The highest BCUT2D eigenvalue weighted by atomic mass is 32.2. The van der Waals surface area contributed by atoms with E-state index in [1.54, 1.807) is 0 Å². The number of benzene rings is 2. The maximum Gasteiger partial charge on any atom is 0.169 e. The van der Waals surface area contributed by atoms with Crippen LogP contribution >= 0.6 is 11.8 Å². The van der Waals surface area contributed by atoms with Crippen molar-refractivity contribution >= 4 is 22.8 Å².